The molecular formula is C18H24N2O6. The number of benzene rings is 1. The Morgan fingerprint density at radius 2 is 1.73 bits per heavy atom. The van der Waals surface area contributed by atoms with Crippen LogP contribution in [0.1, 0.15) is 30.6 Å². The van der Waals surface area contributed by atoms with E-state index in [1.54, 1.807) is 30.3 Å². The maximum atomic E-state index is 11.8. The highest BCUT2D eigenvalue weighted by atomic mass is 16.5. The average molecular weight is 364 g/mol. The van der Waals surface area contributed by atoms with Crippen LogP contribution in [0, 0.1) is 5.92 Å². The molecule has 8 nitrogen and oxygen atoms in total. The third kappa shape index (κ3) is 7.78. The molecule has 0 radical (unpaired) electrons. The molecule has 0 saturated heterocycles. The van der Waals surface area contributed by atoms with Crippen LogP contribution < -0.4 is 10.6 Å². The van der Waals surface area contributed by atoms with Gasteiger partial charge in [0.2, 0.25) is 0 Å². The molecule has 2 amide bonds. The van der Waals surface area contributed by atoms with Crippen molar-refractivity contribution in [2.75, 3.05) is 20.3 Å². The minimum absolute atomic E-state index is 0.162. The number of hydrogen-bond acceptors (Lipinski definition) is 6. The predicted octanol–water partition coefficient (Wildman–Crippen LogP) is 0.664. The van der Waals surface area contributed by atoms with Crippen molar-refractivity contribution in [3.63, 3.8) is 0 Å². The van der Waals surface area contributed by atoms with Gasteiger partial charge in [0.15, 0.2) is 6.61 Å². The van der Waals surface area contributed by atoms with Crippen LogP contribution in [-0.4, -0.2) is 50.1 Å². The quantitative estimate of drug-likeness (QED) is 0.623. The van der Waals surface area contributed by atoms with E-state index in [-0.39, 0.29) is 12.5 Å². The van der Waals surface area contributed by atoms with E-state index in [9.17, 15) is 19.2 Å². The summed E-state index contributed by atoms with van der Waals surface area (Å²) in [5.41, 5.74) is 0.410. The minimum Gasteiger partial charge on any atom is -0.467 e. The van der Waals surface area contributed by atoms with E-state index in [0.29, 0.717) is 12.0 Å². The first kappa shape index (κ1) is 21.1. The van der Waals surface area contributed by atoms with Gasteiger partial charge in [0.1, 0.15) is 12.6 Å². The molecule has 0 aromatic heterocycles. The van der Waals surface area contributed by atoms with Crippen LogP contribution in [0.15, 0.2) is 30.3 Å². The second-order valence-electron chi connectivity index (χ2n) is 5.98. The highest BCUT2D eigenvalue weighted by Crippen LogP contribution is 2.06. The number of carbonyl (C=O) groups is 4. The van der Waals surface area contributed by atoms with Crippen LogP contribution in [0.25, 0.3) is 0 Å². The van der Waals surface area contributed by atoms with Gasteiger partial charge in [-0.15, -0.1) is 0 Å². The Labute approximate surface area is 152 Å². The molecule has 26 heavy (non-hydrogen) atoms. The molecule has 0 spiro atoms. The fourth-order valence-electron chi connectivity index (χ4n) is 2.10. The molecule has 1 rings (SSSR count). The molecule has 0 bridgehead atoms. The van der Waals surface area contributed by atoms with Crippen molar-refractivity contribution in [3.05, 3.63) is 35.9 Å². The number of carbonyl (C=O) groups excluding carboxylic acids is 4. The van der Waals surface area contributed by atoms with Crippen molar-refractivity contribution in [2.45, 2.75) is 26.3 Å². The normalized spacial score (nSPS) is 11.4. The van der Waals surface area contributed by atoms with Crippen LogP contribution in [-0.2, 0) is 23.9 Å². The first-order chi connectivity index (χ1) is 12.3. The number of ether oxygens (including phenoxy) is 2. The Balaban J connectivity index is 2.37. The van der Waals surface area contributed by atoms with E-state index >= 15 is 0 Å². The summed E-state index contributed by atoms with van der Waals surface area (Å²) >= 11 is 0. The zero-order chi connectivity index (χ0) is 19.5. The Morgan fingerprint density at radius 3 is 2.31 bits per heavy atom. The van der Waals surface area contributed by atoms with Crippen molar-refractivity contribution in [1.29, 1.82) is 0 Å². The Hall–Kier alpha value is -2.90. The zero-order valence-corrected chi connectivity index (χ0v) is 15.1. The van der Waals surface area contributed by atoms with Crippen molar-refractivity contribution in [3.8, 4) is 0 Å². The second kappa shape index (κ2) is 10.9. The molecule has 1 atom stereocenters. The summed E-state index contributed by atoms with van der Waals surface area (Å²) in [4.78, 5) is 46.9. The van der Waals surface area contributed by atoms with Gasteiger partial charge in [-0.1, -0.05) is 32.0 Å². The van der Waals surface area contributed by atoms with Crippen LogP contribution in [0.3, 0.4) is 0 Å². The lowest BCUT2D eigenvalue weighted by Crippen LogP contribution is -2.44. The number of methoxy groups -OCH3 is 1. The van der Waals surface area contributed by atoms with Crippen molar-refractivity contribution in [2.24, 2.45) is 5.92 Å². The van der Waals surface area contributed by atoms with Gasteiger partial charge < -0.3 is 20.1 Å². The van der Waals surface area contributed by atoms with E-state index in [1.165, 1.54) is 7.11 Å². The number of amides is 2. The predicted molar refractivity (Wildman–Crippen MR) is 93.1 cm³/mol. The fraction of sp³-hybridized carbons (Fsp3) is 0.444. The summed E-state index contributed by atoms with van der Waals surface area (Å²) in [6.07, 6.45) is 0.402. The zero-order valence-electron chi connectivity index (χ0n) is 15.1. The van der Waals surface area contributed by atoms with E-state index in [4.69, 9.17) is 4.74 Å². The lowest BCUT2D eigenvalue weighted by molar-refractivity contribution is -0.149. The standard InChI is InChI=1S/C18H24N2O6/c1-12(2)9-14(18(24)25-3)20-15(21)11-26-16(22)10-19-17(23)13-7-5-4-6-8-13/h4-8,12,14H,9-11H2,1-3H3,(H,19,23)(H,20,21). The third-order valence-electron chi connectivity index (χ3n) is 3.32. The summed E-state index contributed by atoms with van der Waals surface area (Å²) in [7, 11) is 1.23. The molecule has 0 heterocycles. The van der Waals surface area contributed by atoms with Crippen LogP contribution in [0.4, 0.5) is 0 Å². The summed E-state index contributed by atoms with van der Waals surface area (Å²) in [5.74, 6) is -2.20. The van der Waals surface area contributed by atoms with E-state index in [0.717, 1.165) is 0 Å². The SMILES string of the molecule is COC(=O)C(CC(C)C)NC(=O)COC(=O)CNC(=O)c1ccccc1. The summed E-state index contributed by atoms with van der Waals surface area (Å²) in [5, 5.41) is 4.86. The fourth-order valence-corrected chi connectivity index (χ4v) is 2.10. The molecule has 0 aliphatic rings. The maximum Gasteiger partial charge on any atom is 0.328 e. The lowest BCUT2D eigenvalue weighted by atomic mass is 10.0. The van der Waals surface area contributed by atoms with Gasteiger partial charge in [0, 0.05) is 5.56 Å². The Morgan fingerprint density at radius 1 is 1.08 bits per heavy atom. The number of nitrogens with one attached hydrogen (secondary N) is 2. The number of esters is 2. The highest BCUT2D eigenvalue weighted by Gasteiger charge is 2.23. The van der Waals surface area contributed by atoms with Gasteiger partial charge in [-0.05, 0) is 24.5 Å². The molecule has 142 valence electrons. The van der Waals surface area contributed by atoms with Crippen molar-refractivity contribution < 1.29 is 28.7 Å². The summed E-state index contributed by atoms with van der Waals surface area (Å²) in [6, 6.07) is 7.58. The largest absolute Gasteiger partial charge is 0.467 e. The van der Waals surface area contributed by atoms with Gasteiger partial charge in [-0.3, -0.25) is 14.4 Å². The van der Waals surface area contributed by atoms with E-state index < -0.39 is 36.4 Å². The van der Waals surface area contributed by atoms with Crippen molar-refractivity contribution >= 4 is 23.8 Å². The number of hydrogen-bond donors (Lipinski definition) is 2. The second-order valence-corrected chi connectivity index (χ2v) is 5.98. The Bertz CT molecular complexity index is 630. The average Bonchev–Trinajstić information content (AvgIpc) is 2.63. The first-order valence-electron chi connectivity index (χ1n) is 8.19. The topological polar surface area (TPSA) is 111 Å². The molecule has 0 saturated carbocycles. The van der Waals surface area contributed by atoms with Gasteiger partial charge in [0.05, 0.1) is 7.11 Å². The van der Waals surface area contributed by atoms with Crippen LogP contribution in [0.5, 0.6) is 0 Å². The molecule has 8 heteroatoms. The molecule has 1 aromatic carbocycles. The minimum atomic E-state index is -0.802. The third-order valence-corrected chi connectivity index (χ3v) is 3.32. The lowest BCUT2D eigenvalue weighted by Gasteiger charge is -2.18. The maximum absolute atomic E-state index is 11.8. The monoisotopic (exact) mass is 364 g/mol. The van der Waals surface area contributed by atoms with Gasteiger partial charge in [-0.25, -0.2) is 4.79 Å². The molecular weight excluding hydrogens is 340 g/mol. The van der Waals surface area contributed by atoms with Crippen LogP contribution in [0.2, 0.25) is 0 Å². The van der Waals surface area contributed by atoms with Crippen molar-refractivity contribution in [1.82, 2.24) is 10.6 Å². The molecule has 1 unspecified atom stereocenters. The highest BCUT2D eigenvalue weighted by molar-refractivity contribution is 5.96. The molecule has 0 aliphatic carbocycles. The summed E-state index contributed by atoms with van der Waals surface area (Å²) in [6.45, 7) is 2.88. The van der Waals surface area contributed by atoms with E-state index in [1.807, 2.05) is 13.8 Å². The van der Waals surface area contributed by atoms with Gasteiger partial charge in [-0.2, -0.15) is 0 Å². The molecule has 1 aromatic rings. The van der Waals surface area contributed by atoms with Gasteiger partial charge >= 0.3 is 11.9 Å². The van der Waals surface area contributed by atoms with Gasteiger partial charge in [0.25, 0.3) is 11.8 Å². The summed E-state index contributed by atoms with van der Waals surface area (Å²) < 4.78 is 9.43. The first-order valence-corrected chi connectivity index (χ1v) is 8.19. The molecule has 0 fully saturated rings. The smallest absolute Gasteiger partial charge is 0.328 e. The Kier molecular flexibility index (Phi) is 8.83. The molecule has 2 N–H and O–H groups in total. The van der Waals surface area contributed by atoms with Crippen LogP contribution >= 0.6 is 0 Å². The molecule has 0 aliphatic heterocycles. The number of rotatable bonds is 9. The van der Waals surface area contributed by atoms with E-state index in [2.05, 4.69) is 15.4 Å².